The third-order valence-electron chi connectivity index (χ3n) is 1.21. The minimum Gasteiger partial charge on any atom is -0.0882 e. The molecule has 0 unspecified atom stereocenters. The molecule has 0 bridgehead atoms. The number of hydrogen-bond acceptors (Lipinski definition) is 0. The standard InChI is InChI=1S/C8H11.K/c1-2-4-6-8-7-5-3-1;/h1-3,6,8H,4-5,7H2;/q;+1/b3-1-,8-6-;. The molecule has 0 fully saturated rings. The molecule has 0 aromatic rings. The van der Waals surface area contributed by atoms with Gasteiger partial charge in [0.25, 0.3) is 0 Å². The summed E-state index contributed by atoms with van der Waals surface area (Å²) in [5, 5.41) is 0. The summed E-state index contributed by atoms with van der Waals surface area (Å²) in [7, 11) is 0. The van der Waals surface area contributed by atoms with Crippen molar-refractivity contribution in [3.63, 3.8) is 0 Å². The second-order valence-electron chi connectivity index (χ2n) is 1.95. The third-order valence-corrected chi connectivity index (χ3v) is 1.21. The van der Waals surface area contributed by atoms with Crippen LogP contribution in [-0.2, 0) is 0 Å². The second kappa shape index (κ2) is 7.23. The molecule has 0 atom stereocenters. The van der Waals surface area contributed by atoms with Gasteiger partial charge in [-0.15, -0.1) is 0 Å². The summed E-state index contributed by atoms with van der Waals surface area (Å²) < 4.78 is 0. The molecule has 1 heteroatoms. The SMILES string of the molecule is [CH]1/C=C\CC/C=C\C1.[K+]. The minimum atomic E-state index is 0. The van der Waals surface area contributed by atoms with Crippen LogP contribution in [-0.4, -0.2) is 0 Å². The van der Waals surface area contributed by atoms with E-state index in [1.807, 2.05) is 0 Å². The summed E-state index contributed by atoms with van der Waals surface area (Å²) in [6, 6.07) is 0. The summed E-state index contributed by atoms with van der Waals surface area (Å²) in [6.07, 6.45) is 14.5. The monoisotopic (exact) mass is 146 g/mol. The van der Waals surface area contributed by atoms with Gasteiger partial charge < -0.3 is 0 Å². The zero-order valence-corrected chi connectivity index (χ0v) is 9.13. The van der Waals surface area contributed by atoms with Gasteiger partial charge in [-0.05, 0) is 25.7 Å². The van der Waals surface area contributed by atoms with Gasteiger partial charge in [0.1, 0.15) is 0 Å². The molecule has 0 saturated heterocycles. The van der Waals surface area contributed by atoms with E-state index < -0.39 is 0 Å². The van der Waals surface area contributed by atoms with Crippen molar-refractivity contribution in [1.82, 2.24) is 0 Å². The van der Waals surface area contributed by atoms with Crippen molar-refractivity contribution >= 4 is 0 Å². The molecule has 0 saturated carbocycles. The molecule has 0 nitrogen and oxygen atoms in total. The maximum Gasteiger partial charge on any atom is 1.00 e. The van der Waals surface area contributed by atoms with Crippen LogP contribution in [0.5, 0.6) is 0 Å². The second-order valence-corrected chi connectivity index (χ2v) is 1.95. The molecule has 9 heavy (non-hydrogen) atoms. The molecule has 0 amide bonds. The zero-order chi connectivity index (χ0) is 5.66. The van der Waals surface area contributed by atoms with Crippen LogP contribution >= 0.6 is 0 Å². The van der Waals surface area contributed by atoms with Gasteiger partial charge in [0.05, 0.1) is 0 Å². The van der Waals surface area contributed by atoms with Crippen LogP contribution in [0.15, 0.2) is 24.3 Å². The smallest absolute Gasteiger partial charge is 0.0882 e. The average Bonchev–Trinajstić information content (AvgIpc) is 1.62. The topological polar surface area (TPSA) is 0 Å². The Hall–Kier alpha value is 1.12. The van der Waals surface area contributed by atoms with E-state index in [2.05, 4.69) is 30.7 Å². The number of hydrogen-bond donors (Lipinski definition) is 0. The van der Waals surface area contributed by atoms with Crippen molar-refractivity contribution in [2.75, 3.05) is 0 Å². The van der Waals surface area contributed by atoms with E-state index in [-0.39, 0.29) is 51.4 Å². The van der Waals surface area contributed by atoms with Crippen molar-refractivity contribution < 1.29 is 51.4 Å². The first-order valence-electron chi connectivity index (χ1n) is 3.13. The van der Waals surface area contributed by atoms with E-state index in [1.165, 1.54) is 12.8 Å². The van der Waals surface area contributed by atoms with Gasteiger partial charge in [0.2, 0.25) is 0 Å². The summed E-state index contributed by atoms with van der Waals surface area (Å²) in [5.41, 5.74) is 0. The fourth-order valence-electron chi connectivity index (χ4n) is 0.756. The first-order valence-corrected chi connectivity index (χ1v) is 3.13. The molecule has 0 aromatic heterocycles. The van der Waals surface area contributed by atoms with E-state index in [0.717, 1.165) is 6.42 Å². The predicted molar refractivity (Wildman–Crippen MR) is 36.4 cm³/mol. The Bertz CT molecular complexity index is 77.1. The van der Waals surface area contributed by atoms with E-state index in [1.54, 1.807) is 0 Å². The van der Waals surface area contributed by atoms with Crippen LogP contribution in [0.4, 0.5) is 0 Å². The molecular weight excluding hydrogens is 135 g/mol. The largest absolute Gasteiger partial charge is 1.00 e. The van der Waals surface area contributed by atoms with Crippen LogP contribution in [0.25, 0.3) is 0 Å². The van der Waals surface area contributed by atoms with E-state index >= 15 is 0 Å². The Morgan fingerprint density at radius 2 is 1.67 bits per heavy atom. The Balaban J connectivity index is 0.000000640. The Labute approximate surface area is 99.8 Å². The fraction of sp³-hybridized carbons (Fsp3) is 0.375. The van der Waals surface area contributed by atoms with Gasteiger partial charge in [-0.1, -0.05) is 24.3 Å². The van der Waals surface area contributed by atoms with E-state index in [9.17, 15) is 0 Å². The maximum atomic E-state index is 2.24. The predicted octanol–water partition coefficient (Wildman–Crippen LogP) is -0.509. The van der Waals surface area contributed by atoms with Crippen LogP contribution in [0.1, 0.15) is 19.3 Å². The molecule has 1 radical (unpaired) electrons. The summed E-state index contributed by atoms with van der Waals surface area (Å²) in [4.78, 5) is 0. The number of allylic oxidation sites excluding steroid dienone is 4. The van der Waals surface area contributed by atoms with Gasteiger partial charge in [0, 0.05) is 0 Å². The van der Waals surface area contributed by atoms with E-state index in [4.69, 9.17) is 0 Å². The number of rotatable bonds is 0. The molecule has 0 aliphatic heterocycles. The van der Waals surface area contributed by atoms with Crippen molar-refractivity contribution in [1.29, 1.82) is 0 Å². The fourth-order valence-corrected chi connectivity index (χ4v) is 0.756. The van der Waals surface area contributed by atoms with E-state index in [0.29, 0.717) is 0 Å². The van der Waals surface area contributed by atoms with Crippen LogP contribution in [0.3, 0.4) is 0 Å². The Morgan fingerprint density at radius 1 is 0.889 bits per heavy atom. The van der Waals surface area contributed by atoms with Crippen LogP contribution in [0.2, 0.25) is 0 Å². The van der Waals surface area contributed by atoms with Gasteiger partial charge in [-0.2, -0.15) is 0 Å². The van der Waals surface area contributed by atoms with Crippen LogP contribution in [0, 0.1) is 6.42 Å². The minimum absolute atomic E-state index is 0. The Morgan fingerprint density at radius 3 is 2.56 bits per heavy atom. The van der Waals surface area contributed by atoms with Gasteiger partial charge in [-0.25, -0.2) is 0 Å². The quantitative estimate of drug-likeness (QED) is 0.319. The third kappa shape index (κ3) is 5.56. The summed E-state index contributed by atoms with van der Waals surface area (Å²) >= 11 is 0. The molecule has 0 heterocycles. The maximum absolute atomic E-state index is 2.24. The van der Waals surface area contributed by atoms with Gasteiger partial charge >= 0.3 is 51.4 Å². The molecule has 1 aliphatic rings. The molecule has 0 spiro atoms. The first kappa shape index (κ1) is 10.1. The Kier molecular flexibility index (Phi) is 8.12. The van der Waals surface area contributed by atoms with Crippen molar-refractivity contribution in [3.8, 4) is 0 Å². The summed E-state index contributed by atoms with van der Waals surface area (Å²) in [5.74, 6) is 0. The van der Waals surface area contributed by atoms with Gasteiger partial charge in [0.15, 0.2) is 0 Å². The molecule has 1 aliphatic carbocycles. The van der Waals surface area contributed by atoms with Crippen molar-refractivity contribution in [3.05, 3.63) is 30.7 Å². The van der Waals surface area contributed by atoms with Gasteiger partial charge in [-0.3, -0.25) is 0 Å². The molecule has 0 aromatic carbocycles. The van der Waals surface area contributed by atoms with Crippen molar-refractivity contribution in [2.45, 2.75) is 19.3 Å². The van der Waals surface area contributed by atoms with Crippen molar-refractivity contribution in [2.24, 2.45) is 0 Å². The zero-order valence-electron chi connectivity index (χ0n) is 6.01. The van der Waals surface area contributed by atoms with Crippen LogP contribution < -0.4 is 51.4 Å². The molecule has 43 valence electrons. The molecule has 0 N–H and O–H groups in total. The normalized spacial score (nSPS) is 24.9. The molecular formula is C8H11K+. The molecule has 1 rings (SSSR count). The average molecular weight is 146 g/mol. The first-order chi connectivity index (χ1) is 4.00. The summed E-state index contributed by atoms with van der Waals surface area (Å²) in [6.45, 7) is 0.